The van der Waals surface area contributed by atoms with Crippen LogP contribution in [0.4, 0.5) is 13.2 Å². The molecule has 2 fully saturated rings. The van der Waals surface area contributed by atoms with E-state index in [2.05, 4.69) is 53.6 Å². The summed E-state index contributed by atoms with van der Waals surface area (Å²) in [5.74, 6) is 0.412. The van der Waals surface area contributed by atoms with Gasteiger partial charge >= 0.3 is 6.18 Å². The summed E-state index contributed by atoms with van der Waals surface area (Å²) in [5, 5.41) is 2.60. The number of nitrogens with one attached hydrogen (secondary N) is 1. The molecule has 1 spiro atoms. The Balaban J connectivity index is 1.23. The van der Waals surface area contributed by atoms with Crippen LogP contribution in [0.2, 0.25) is 5.02 Å². The molecule has 0 bridgehead atoms. The second-order valence-electron chi connectivity index (χ2n) is 11.1. The highest BCUT2D eigenvalue weighted by Gasteiger charge is 2.49. The number of likely N-dealkylation sites (tertiary alicyclic amines) is 1. The SMILES string of the molecule is CC[C@]1(C(=O)NCc2ccc(Cl)c(C(F)(F)F)c2)CCC(N2CC[C@@]3(C=Cc4ccccc43)[C@@H](C)C2)C1. The smallest absolute Gasteiger partial charge is 0.352 e. The molecule has 37 heavy (non-hydrogen) atoms. The Morgan fingerprint density at radius 3 is 2.70 bits per heavy atom. The second kappa shape index (κ2) is 9.77. The zero-order chi connectivity index (χ0) is 26.4. The fourth-order valence-corrected chi connectivity index (χ4v) is 7.15. The number of rotatable bonds is 5. The number of hydrogen-bond donors (Lipinski definition) is 1. The third kappa shape index (κ3) is 4.72. The maximum atomic E-state index is 13.4. The molecule has 3 nitrogen and oxygen atoms in total. The Labute approximate surface area is 222 Å². The van der Waals surface area contributed by atoms with Crippen molar-refractivity contribution in [1.29, 1.82) is 0 Å². The molecule has 5 rings (SSSR count). The van der Waals surface area contributed by atoms with E-state index in [1.807, 2.05) is 6.92 Å². The summed E-state index contributed by atoms with van der Waals surface area (Å²) in [6, 6.07) is 12.8. The van der Waals surface area contributed by atoms with E-state index in [4.69, 9.17) is 11.6 Å². The molecule has 2 aromatic rings. The fourth-order valence-electron chi connectivity index (χ4n) is 6.92. The van der Waals surface area contributed by atoms with Crippen molar-refractivity contribution in [3.8, 4) is 0 Å². The second-order valence-corrected chi connectivity index (χ2v) is 11.5. The van der Waals surface area contributed by atoms with Crippen LogP contribution in [-0.2, 0) is 22.9 Å². The molecular formula is C30H34ClF3N2O. The summed E-state index contributed by atoms with van der Waals surface area (Å²) in [5.41, 5.74) is 1.90. The molecule has 1 unspecified atom stereocenters. The number of hydrogen-bond acceptors (Lipinski definition) is 2. The lowest BCUT2D eigenvalue weighted by Crippen LogP contribution is -2.51. The highest BCUT2D eigenvalue weighted by atomic mass is 35.5. The number of allylic oxidation sites excluding steroid dienone is 1. The van der Waals surface area contributed by atoms with Crippen LogP contribution in [0.1, 0.15) is 68.2 Å². The highest BCUT2D eigenvalue weighted by Crippen LogP contribution is 2.49. The minimum atomic E-state index is -4.53. The average Bonchev–Trinajstić information content (AvgIpc) is 3.48. The largest absolute Gasteiger partial charge is 0.417 e. The number of amides is 1. The van der Waals surface area contributed by atoms with Gasteiger partial charge in [0.1, 0.15) is 0 Å². The molecule has 1 saturated heterocycles. The van der Waals surface area contributed by atoms with Crippen molar-refractivity contribution in [3.05, 3.63) is 75.8 Å². The van der Waals surface area contributed by atoms with Gasteiger partial charge in [0.05, 0.1) is 16.0 Å². The Morgan fingerprint density at radius 2 is 1.97 bits per heavy atom. The van der Waals surface area contributed by atoms with Crippen molar-refractivity contribution in [2.75, 3.05) is 13.1 Å². The molecule has 2 aromatic carbocycles. The predicted octanol–water partition coefficient (Wildman–Crippen LogP) is 7.23. The zero-order valence-corrected chi connectivity index (χ0v) is 22.1. The predicted molar refractivity (Wildman–Crippen MR) is 141 cm³/mol. The molecule has 2 aliphatic carbocycles. The van der Waals surface area contributed by atoms with Crippen LogP contribution in [0.15, 0.2) is 48.5 Å². The van der Waals surface area contributed by atoms with Crippen LogP contribution < -0.4 is 5.32 Å². The number of carbonyl (C=O) groups is 1. The quantitative estimate of drug-likeness (QED) is 0.442. The maximum Gasteiger partial charge on any atom is 0.417 e. The Bertz CT molecular complexity index is 1210. The maximum absolute atomic E-state index is 13.4. The number of alkyl halides is 3. The third-order valence-electron chi connectivity index (χ3n) is 9.27. The average molecular weight is 531 g/mol. The molecule has 0 aromatic heterocycles. The van der Waals surface area contributed by atoms with E-state index in [0.29, 0.717) is 23.9 Å². The van der Waals surface area contributed by atoms with Crippen LogP contribution >= 0.6 is 11.6 Å². The number of carbonyl (C=O) groups excluding carboxylic acids is 1. The van der Waals surface area contributed by atoms with Crippen LogP contribution in [0, 0.1) is 11.3 Å². The molecule has 1 amide bonds. The van der Waals surface area contributed by atoms with Gasteiger partial charge in [-0.05, 0) is 73.4 Å². The first-order chi connectivity index (χ1) is 17.6. The lowest BCUT2D eigenvalue weighted by Gasteiger charge is -2.46. The number of nitrogens with zero attached hydrogens (tertiary/aromatic N) is 1. The van der Waals surface area contributed by atoms with Crippen LogP contribution in [0.3, 0.4) is 0 Å². The monoisotopic (exact) mass is 530 g/mol. The van der Waals surface area contributed by atoms with Gasteiger partial charge < -0.3 is 5.32 Å². The Hall–Kier alpha value is -2.31. The fraction of sp³-hybridized carbons (Fsp3) is 0.500. The van der Waals surface area contributed by atoms with Crippen molar-refractivity contribution >= 4 is 23.6 Å². The van der Waals surface area contributed by atoms with Crippen LogP contribution in [-0.4, -0.2) is 29.9 Å². The molecule has 7 heteroatoms. The van der Waals surface area contributed by atoms with Gasteiger partial charge in [0.2, 0.25) is 5.91 Å². The summed E-state index contributed by atoms with van der Waals surface area (Å²) in [6.45, 7) is 6.44. The molecule has 4 atom stereocenters. The van der Waals surface area contributed by atoms with E-state index >= 15 is 0 Å². The van der Waals surface area contributed by atoms with E-state index in [0.717, 1.165) is 44.8 Å². The Morgan fingerprint density at radius 1 is 1.19 bits per heavy atom. The van der Waals surface area contributed by atoms with E-state index in [-0.39, 0.29) is 22.9 Å². The normalized spacial score (nSPS) is 29.6. The van der Waals surface area contributed by atoms with E-state index in [1.165, 1.54) is 23.3 Å². The summed E-state index contributed by atoms with van der Waals surface area (Å²) in [6.07, 6.45) is 4.48. The summed E-state index contributed by atoms with van der Waals surface area (Å²) in [4.78, 5) is 15.9. The van der Waals surface area contributed by atoms with Gasteiger partial charge in [-0.25, -0.2) is 0 Å². The number of piperidine rings is 1. The molecule has 1 N–H and O–H groups in total. The Kier molecular flexibility index (Phi) is 6.95. The van der Waals surface area contributed by atoms with Crippen molar-refractivity contribution in [2.24, 2.45) is 11.3 Å². The van der Waals surface area contributed by atoms with Crippen LogP contribution in [0.25, 0.3) is 6.08 Å². The summed E-state index contributed by atoms with van der Waals surface area (Å²) < 4.78 is 39.7. The first-order valence-electron chi connectivity index (χ1n) is 13.2. The van der Waals surface area contributed by atoms with Crippen molar-refractivity contribution in [3.63, 3.8) is 0 Å². The molecule has 1 saturated carbocycles. The van der Waals surface area contributed by atoms with Crippen LogP contribution in [0.5, 0.6) is 0 Å². The van der Waals surface area contributed by atoms with Gasteiger partial charge in [0, 0.05) is 24.5 Å². The molecule has 0 radical (unpaired) electrons. The van der Waals surface area contributed by atoms with E-state index in [1.54, 1.807) is 0 Å². The van der Waals surface area contributed by atoms with E-state index in [9.17, 15) is 18.0 Å². The van der Waals surface area contributed by atoms with Crippen molar-refractivity contribution in [2.45, 2.75) is 70.1 Å². The molecule has 198 valence electrons. The van der Waals surface area contributed by atoms with Gasteiger partial charge in [0.25, 0.3) is 0 Å². The standard InChI is InChI=1S/C30H34ClF3N2O/c1-3-28(27(37)35-18-21-8-9-26(31)25(16-21)30(32,33)34)12-11-23(17-28)36-15-14-29(20(2)19-36)13-10-22-6-4-5-7-24(22)29/h4-10,13,16,20,23H,3,11-12,14-15,17-19H2,1-2H3,(H,35,37)/t20-,23?,28-,29-/m0/s1. The first-order valence-corrected chi connectivity index (χ1v) is 13.6. The third-order valence-corrected chi connectivity index (χ3v) is 9.60. The number of benzene rings is 2. The first kappa shape index (κ1) is 26.3. The van der Waals surface area contributed by atoms with Gasteiger partial charge in [0.15, 0.2) is 0 Å². The molecule has 1 heterocycles. The van der Waals surface area contributed by atoms with Gasteiger partial charge in [-0.15, -0.1) is 0 Å². The lowest BCUT2D eigenvalue weighted by molar-refractivity contribution is -0.137. The van der Waals surface area contributed by atoms with Gasteiger partial charge in [-0.2, -0.15) is 13.2 Å². The zero-order valence-electron chi connectivity index (χ0n) is 21.4. The van der Waals surface area contributed by atoms with Crippen molar-refractivity contribution < 1.29 is 18.0 Å². The summed E-state index contributed by atoms with van der Waals surface area (Å²) >= 11 is 5.74. The minimum Gasteiger partial charge on any atom is -0.352 e. The molecular weight excluding hydrogens is 497 g/mol. The number of fused-ring (bicyclic) bond motifs is 2. The lowest BCUT2D eigenvalue weighted by atomic mass is 9.67. The summed E-state index contributed by atoms with van der Waals surface area (Å²) in [7, 11) is 0. The number of halogens is 4. The van der Waals surface area contributed by atoms with E-state index < -0.39 is 17.2 Å². The minimum absolute atomic E-state index is 0.0561. The van der Waals surface area contributed by atoms with Gasteiger partial charge in [-0.3, -0.25) is 9.69 Å². The topological polar surface area (TPSA) is 32.3 Å². The highest BCUT2D eigenvalue weighted by molar-refractivity contribution is 6.31. The molecule has 1 aliphatic heterocycles. The molecule has 3 aliphatic rings. The van der Waals surface area contributed by atoms with Gasteiger partial charge in [-0.1, -0.05) is 67.9 Å². The van der Waals surface area contributed by atoms with Crippen molar-refractivity contribution in [1.82, 2.24) is 10.2 Å².